The molecule has 0 saturated carbocycles. The number of anilines is 2. The maximum Gasteiger partial charge on any atom is 0.225 e. The largest absolute Gasteiger partial charge is 0.325 e. The van der Waals surface area contributed by atoms with Crippen LogP contribution in [-0.4, -0.2) is 73.4 Å². The molecule has 32 heavy (non-hydrogen) atoms. The van der Waals surface area contributed by atoms with Crippen molar-refractivity contribution in [2.75, 3.05) is 62.4 Å². The van der Waals surface area contributed by atoms with Crippen molar-refractivity contribution in [1.29, 1.82) is 0 Å². The zero-order chi connectivity index (χ0) is 22.8. The van der Waals surface area contributed by atoms with Crippen LogP contribution >= 0.6 is 23.5 Å². The van der Waals surface area contributed by atoms with Crippen molar-refractivity contribution in [3.63, 3.8) is 0 Å². The second-order valence-corrected chi connectivity index (χ2v) is 9.38. The van der Waals surface area contributed by atoms with Crippen molar-refractivity contribution >= 4 is 46.7 Å². The smallest absolute Gasteiger partial charge is 0.225 e. The Labute approximate surface area is 199 Å². The molecular formula is C24H32N4O2S2. The summed E-state index contributed by atoms with van der Waals surface area (Å²) in [4.78, 5) is 31.5. The Hall–Kier alpha value is -2.00. The molecule has 0 spiro atoms. The lowest BCUT2D eigenvalue weighted by atomic mass is 10.2. The van der Waals surface area contributed by atoms with Crippen LogP contribution in [0, 0.1) is 0 Å². The fourth-order valence-corrected chi connectivity index (χ4v) is 4.78. The summed E-state index contributed by atoms with van der Waals surface area (Å²) in [6.45, 7) is 5.20. The molecule has 0 bridgehead atoms. The van der Waals surface area contributed by atoms with Gasteiger partial charge in [0, 0.05) is 61.9 Å². The van der Waals surface area contributed by atoms with Gasteiger partial charge in [-0.05, 0) is 36.8 Å². The van der Waals surface area contributed by atoms with Crippen molar-refractivity contribution < 1.29 is 9.59 Å². The quantitative estimate of drug-likeness (QED) is 0.508. The molecule has 2 N–H and O–H groups in total. The van der Waals surface area contributed by atoms with E-state index >= 15 is 0 Å². The van der Waals surface area contributed by atoms with Crippen LogP contribution in [0.4, 0.5) is 11.4 Å². The van der Waals surface area contributed by atoms with Crippen molar-refractivity contribution in [2.45, 2.75) is 22.6 Å². The summed E-state index contributed by atoms with van der Waals surface area (Å²) in [5, 5.41) is 6.06. The van der Waals surface area contributed by atoms with E-state index in [1.54, 1.807) is 23.5 Å². The molecule has 8 heteroatoms. The first-order valence-corrected chi connectivity index (χ1v) is 13.3. The molecule has 1 heterocycles. The van der Waals surface area contributed by atoms with E-state index in [0.29, 0.717) is 12.8 Å². The van der Waals surface area contributed by atoms with E-state index in [0.717, 1.165) is 60.4 Å². The Kier molecular flexibility index (Phi) is 9.92. The lowest BCUT2D eigenvalue weighted by Crippen LogP contribution is -2.47. The minimum atomic E-state index is 0.0520. The number of nitrogens with zero attached hydrogens (tertiary/aromatic N) is 2. The number of rotatable bonds is 10. The SMILES string of the molecule is CSc1ccccc1NC(=O)CCN1CCN(CCC(=O)Nc2ccccc2SC)CC1. The van der Waals surface area contributed by atoms with Crippen LogP contribution in [0.5, 0.6) is 0 Å². The van der Waals surface area contributed by atoms with Gasteiger partial charge < -0.3 is 20.4 Å². The molecule has 0 radical (unpaired) electrons. The number of hydrogen-bond donors (Lipinski definition) is 2. The summed E-state index contributed by atoms with van der Waals surface area (Å²) in [5.74, 6) is 0.104. The van der Waals surface area contributed by atoms with E-state index < -0.39 is 0 Å². The average Bonchev–Trinajstić information content (AvgIpc) is 2.83. The van der Waals surface area contributed by atoms with Gasteiger partial charge in [0.2, 0.25) is 11.8 Å². The van der Waals surface area contributed by atoms with E-state index in [2.05, 4.69) is 20.4 Å². The highest BCUT2D eigenvalue weighted by molar-refractivity contribution is 7.99. The van der Waals surface area contributed by atoms with Gasteiger partial charge in [-0.1, -0.05) is 24.3 Å². The molecule has 0 aliphatic carbocycles. The molecule has 0 unspecified atom stereocenters. The summed E-state index contributed by atoms with van der Waals surface area (Å²) in [6.07, 6.45) is 4.99. The fraction of sp³-hybridized carbons (Fsp3) is 0.417. The van der Waals surface area contributed by atoms with Gasteiger partial charge in [0.15, 0.2) is 0 Å². The number of thioether (sulfide) groups is 2. The normalized spacial score (nSPS) is 14.8. The second-order valence-electron chi connectivity index (χ2n) is 7.68. The molecule has 1 saturated heterocycles. The number of para-hydroxylation sites is 2. The molecule has 1 aliphatic heterocycles. The third kappa shape index (κ3) is 7.55. The van der Waals surface area contributed by atoms with Gasteiger partial charge >= 0.3 is 0 Å². The number of benzene rings is 2. The van der Waals surface area contributed by atoms with E-state index in [1.165, 1.54) is 0 Å². The molecule has 172 valence electrons. The maximum atomic E-state index is 12.4. The molecule has 2 aromatic rings. The summed E-state index contributed by atoms with van der Waals surface area (Å²) >= 11 is 3.26. The second kappa shape index (κ2) is 12.9. The highest BCUT2D eigenvalue weighted by Crippen LogP contribution is 2.25. The van der Waals surface area contributed by atoms with Crippen molar-refractivity contribution in [2.24, 2.45) is 0 Å². The Bertz CT molecular complexity index is 828. The van der Waals surface area contributed by atoms with Crippen LogP contribution in [0.2, 0.25) is 0 Å². The standard InChI is InChI=1S/C24H32N4O2S2/c1-31-21-9-5-3-7-19(21)25-23(29)11-13-27-15-17-28(18-16-27)14-12-24(30)26-20-8-4-6-10-22(20)32-2/h3-10H,11-18H2,1-2H3,(H,25,29)(H,26,30). The van der Waals surface area contributed by atoms with Gasteiger partial charge in [-0.3, -0.25) is 9.59 Å². The van der Waals surface area contributed by atoms with Crippen molar-refractivity contribution in [3.05, 3.63) is 48.5 Å². The summed E-state index contributed by atoms with van der Waals surface area (Å²) in [7, 11) is 0. The van der Waals surface area contributed by atoms with Crippen molar-refractivity contribution in [3.8, 4) is 0 Å². The lowest BCUT2D eigenvalue weighted by Gasteiger charge is -2.34. The number of nitrogens with one attached hydrogen (secondary N) is 2. The highest BCUT2D eigenvalue weighted by Gasteiger charge is 2.18. The minimum absolute atomic E-state index is 0.0520. The fourth-order valence-electron chi connectivity index (χ4n) is 3.68. The first-order chi connectivity index (χ1) is 15.6. The first-order valence-electron chi connectivity index (χ1n) is 10.9. The zero-order valence-corrected chi connectivity index (χ0v) is 20.4. The zero-order valence-electron chi connectivity index (χ0n) is 18.8. The van der Waals surface area contributed by atoms with Gasteiger partial charge in [-0.2, -0.15) is 0 Å². The number of carbonyl (C=O) groups is 2. The molecule has 3 rings (SSSR count). The summed E-state index contributed by atoms with van der Waals surface area (Å²) in [5.41, 5.74) is 1.77. The van der Waals surface area contributed by atoms with Crippen molar-refractivity contribution in [1.82, 2.24) is 9.80 Å². The molecule has 1 aliphatic rings. The molecule has 6 nitrogen and oxygen atoms in total. The molecular weight excluding hydrogens is 440 g/mol. The van der Waals surface area contributed by atoms with Gasteiger partial charge in [0.1, 0.15) is 0 Å². The predicted molar refractivity (Wildman–Crippen MR) is 136 cm³/mol. The average molecular weight is 473 g/mol. The number of carbonyl (C=O) groups excluding carboxylic acids is 2. The number of hydrogen-bond acceptors (Lipinski definition) is 6. The third-order valence-corrected chi connectivity index (χ3v) is 7.13. The number of piperazine rings is 1. The van der Waals surface area contributed by atoms with Gasteiger partial charge in [0.25, 0.3) is 0 Å². The van der Waals surface area contributed by atoms with Crippen LogP contribution in [-0.2, 0) is 9.59 Å². The lowest BCUT2D eigenvalue weighted by molar-refractivity contribution is -0.117. The first kappa shape index (κ1) is 24.6. The Morgan fingerprint density at radius 3 is 1.47 bits per heavy atom. The van der Waals surface area contributed by atoms with Gasteiger partial charge in [0.05, 0.1) is 11.4 Å². The Balaban J connectivity index is 1.33. The Morgan fingerprint density at radius 1 is 0.719 bits per heavy atom. The van der Waals surface area contributed by atoms with Crippen LogP contribution in [0.3, 0.4) is 0 Å². The van der Waals surface area contributed by atoms with E-state index in [-0.39, 0.29) is 11.8 Å². The van der Waals surface area contributed by atoms with E-state index in [1.807, 2.05) is 61.0 Å². The van der Waals surface area contributed by atoms with Crippen LogP contribution in [0.1, 0.15) is 12.8 Å². The van der Waals surface area contributed by atoms with Gasteiger partial charge in [-0.15, -0.1) is 23.5 Å². The topological polar surface area (TPSA) is 64.7 Å². The van der Waals surface area contributed by atoms with Gasteiger partial charge in [-0.25, -0.2) is 0 Å². The van der Waals surface area contributed by atoms with E-state index in [9.17, 15) is 9.59 Å². The molecule has 2 amide bonds. The van der Waals surface area contributed by atoms with Crippen LogP contribution in [0.15, 0.2) is 58.3 Å². The summed E-state index contributed by atoms with van der Waals surface area (Å²) < 4.78 is 0. The van der Waals surface area contributed by atoms with Crippen LogP contribution in [0.25, 0.3) is 0 Å². The Morgan fingerprint density at radius 2 is 1.09 bits per heavy atom. The predicted octanol–water partition coefficient (Wildman–Crippen LogP) is 4.11. The highest BCUT2D eigenvalue weighted by atomic mass is 32.2. The molecule has 2 aromatic carbocycles. The minimum Gasteiger partial charge on any atom is -0.325 e. The monoisotopic (exact) mass is 472 g/mol. The number of amides is 2. The van der Waals surface area contributed by atoms with E-state index in [4.69, 9.17) is 0 Å². The molecule has 0 aromatic heterocycles. The van der Waals surface area contributed by atoms with Crippen LogP contribution < -0.4 is 10.6 Å². The molecule has 1 fully saturated rings. The summed E-state index contributed by atoms with van der Waals surface area (Å²) in [6, 6.07) is 15.8. The third-order valence-electron chi connectivity index (χ3n) is 5.54. The molecule has 0 atom stereocenters. The maximum absolute atomic E-state index is 12.4.